The minimum Gasteiger partial charge on any atom is -0.493 e. The Labute approximate surface area is 177 Å². The minimum atomic E-state index is -0.358. The topological polar surface area (TPSA) is 98.8 Å². The van der Waals surface area contributed by atoms with Gasteiger partial charge in [0.15, 0.2) is 16.6 Å². The zero-order chi connectivity index (χ0) is 21.5. The number of nitrogen functional groups attached to an aromatic ring is 1. The Balaban J connectivity index is 1.63. The van der Waals surface area contributed by atoms with E-state index in [1.165, 1.54) is 25.5 Å². The molecule has 0 bridgehead atoms. The van der Waals surface area contributed by atoms with E-state index in [4.69, 9.17) is 15.2 Å². The van der Waals surface area contributed by atoms with Crippen molar-refractivity contribution in [2.45, 2.75) is 20.0 Å². The molecule has 0 saturated carbocycles. The van der Waals surface area contributed by atoms with Gasteiger partial charge in [0.2, 0.25) is 0 Å². The van der Waals surface area contributed by atoms with Crippen LogP contribution in [0, 0.1) is 5.82 Å². The van der Waals surface area contributed by atoms with Crippen molar-refractivity contribution in [3.63, 3.8) is 0 Å². The maximum absolute atomic E-state index is 13.0. The van der Waals surface area contributed by atoms with Crippen LogP contribution in [0.15, 0.2) is 47.6 Å². The molecule has 1 amide bonds. The highest BCUT2D eigenvalue weighted by Crippen LogP contribution is 2.28. The third kappa shape index (κ3) is 5.32. The molecule has 30 heavy (non-hydrogen) atoms. The predicted molar refractivity (Wildman–Crippen MR) is 115 cm³/mol. The fraction of sp³-hybridized carbons (Fsp3) is 0.190. The molecule has 0 fully saturated rings. The number of halogens is 1. The summed E-state index contributed by atoms with van der Waals surface area (Å²) >= 11 is 1.13. The molecule has 156 valence electrons. The monoisotopic (exact) mass is 428 g/mol. The van der Waals surface area contributed by atoms with Crippen LogP contribution in [0.4, 0.5) is 9.52 Å². The fourth-order valence-corrected chi connectivity index (χ4v) is 3.44. The molecule has 3 rings (SSSR count). The molecule has 0 unspecified atom stereocenters. The van der Waals surface area contributed by atoms with Gasteiger partial charge in [0.25, 0.3) is 5.91 Å². The van der Waals surface area contributed by atoms with E-state index in [-0.39, 0.29) is 18.3 Å². The zero-order valence-corrected chi connectivity index (χ0v) is 17.3. The third-order valence-electron chi connectivity index (χ3n) is 4.13. The SMILES string of the molecule is CCc1nc(N)sc1C(=O)N/N=C/c1ccc(OCc2ccc(F)cc2)c(OC)c1. The summed E-state index contributed by atoms with van der Waals surface area (Å²) in [5.74, 6) is 0.395. The van der Waals surface area contributed by atoms with Gasteiger partial charge in [-0.15, -0.1) is 0 Å². The second-order valence-electron chi connectivity index (χ2n) is 6.21. The third-order valence-corrected chi connectivity index (χ3v) is 5.06. The number of hydrogen-bond acceptors (Lipinski definition) is 7. The molecule has 3 N–H and O–H groups in total. The largest absolute Gasteiger partial charge is 0.493 e. The Morgan fingerprint density at radius 1 is 1.27 bits per heavy atom. The molecule has 0 aliphatic carbocycles. The van der Waals surface area contributed by atoms with Crippen molar-refractivity contribution < 1.29 is 18.7 Å². The van der Waals surface area contributed by atoms with Crippen LogP contribution in [-0.4, -0.2) is 24.2 Å². The van der Waals surface area contributed by atoms with Gasteiger partial charge in [0.1, 0.15) is 17.3 Å². The number of anilines is 1. The number of hydrazone groups is 1. The van der Waals surface area contributed by atoms with E-state index in [0.717, 1.165) is 16.9 Å². The fourth-order valence-electron chi connectivity index (χ4n) is 2.63. The van der Waals surface area contributed by atoms with Gasteiger partial charge in [-0.2, -0.15) is 5.10 Å². The lowest BCUT2D eigenvalue weighted by molar-refractivity contribution is 0.0958. The van der Waals surface area contributed by atoms with Crippen LogP contribution in [0.5, 0.6) is 11.5 Å². The molecule has 7 nitrogen and oxygen atoms in total. The summed E-state index contributed by atoms with van der Waals surface area (Å²) in [6.45, 7) is 2.18. The molecule has 0 spiro atoms. The molecular weight excluding hydrogens is 407 g/mol. The number of aryl methyl sites for hydroxylation is 1. The Bertz CT molecular complexity index is 1050. The molecule has 0 saturated heterocycles. The number of rotatable bonds is 8. The van der Waals surface area contributed by atoms with Gasteiger partial charge in [-0.3, -0.25) is 4.79 Å². The molecule has 0 atom stereocenters. The summed E-state index contributed by atoms with van der Waals surface area (Å²) in [5, 5.41) is 4.34. The standard InChI is InChI=1S/C21H21FN4O3S/c1-3-16-19(30-21(23)25-16)20(27)26-24-11-14-6-9-17(18(10-14)28-2)29-12-13-4-7-15(22)8-5-13/h4-11H,3,12H2,1-2H3,(H2,23,25)(H,26,27)/b24-11+. The van der Waals surface area contributed by atoms with Crippen LogP contribution in [0.2, 0.25) is 0 Å². The number of nitrogens with one attached hydrogen (secondary N) is 1. The first kappa shape index (κ1) is 21.3. The highest BCUT2D eigenvalue weighted by Gasteiger charge is 2.15. The molecule has 2 aromatic carbocycles. The number of hydrogen-bond donors (Lipinski definition) is 2. The number of aromatic nitrogens is 1. The van der Waals surface area contributed by atoms with Gasteiger partial charge in [0, 0.05) is 0 Å². The number of benzene rings is 2. The zero-order valence-electron chi connectivity index (χ0n) is 16.5. The summed E-state index contributed by atoms with van der Waals surface area (Å²) < 4.78 is 24.1. The molecular formula is C21H21FN4O3S. The lowest BCUT2D eigenvalue weighted by Gasteiger charge is -2.11. The quantitative estimate of drug-likeness (QED) is 0.420. The first-order chi connectivity index (χ1) is 14.5. The Hall–Kier alpha value is -3.46. The van der Waals surface area contributed by atoms with E-state index < -0.39 is 0 Å². The van der Waals surface area contributed by atoms with Crippen LogP contribution in [0.25, 0.3) is 0 Å². The smallest absolute Gasteiger partial charge is 0.283 e. The summed E-state index contributed by atoms with van der Waals surface area (Å²) in [6, 6.07) is 11.3. The van der Waals surface area contributed by atoms with Crippen LogP contribution in [0.3, 0.4) is 0 Å². The van der Waals surface area contributed by atoms with Crippen molar-refractivity contribution in [2.24, 2.45) is 5.10 Å². The van der Waals surface area contributed by atoms with Crippen molar-refractivity contribution in [3.8, 4) is 11.5 Å². The number of carbonyl (C=O) groups is 1. The average molecular weight is 428 g/mol. The van der Waals surface area contributed by atoms with Gasteiger partial charge in [-0.1, -0.05) is 30.4 Å². The van der Waals surface area contributed by atoms with Gasteiger partial charge in [-0.05, 0) is 47.9 Å². The average Bonchev–Trinajstić information content (AvgIpc) is 3.14. The van der Waals surface area contributed by atoms with Gasteiger partial charge in [-0.25, -0.2) is 14.8 Å². The molecule has 0 radical (unpaired) electrons. The Morgan fingerprint density at radius 2 is 2.03 bits per heavy atom. The second-order valence-corrected chi connectivity index (χ2v) is 7.24. The number of nitrogens with two attached hydrogens (primary N) is 1. The Kier molecular flexibility index (Phi) is 6.97. The first-order valence-electron chi connectivity index (χ1n) is 9.14. The second kappa shape index (κ2) is 9.84. The van der Waals surface area contributed by atoms with Crippen molar-refractivity contribution in [1.29, 1.82) is 0 Å². The molecule has 3 aromatic rings. The van der Waals surface area contributed by atoms with E-state index >= 15 is 0 Å². The number of nitrogens with zero attached hydrogens (tertiary/aromatic N) is 2. The van der Waals surface area contributed by atoms with Crippen LogP contribution < -0.4 is 20.6 Å². The maximum atomic E-state index is 13.0. The van der Waals surface area contributed by atoms with Crippen LogP contribution in [0.1, 0.15) is 33.4 Å². The van der Waals surface area contributed by atoms with Crippen LogP contribution >= 0.6 is 11.3 Å². The normalized spacial score (nSPS) is 10.9. The van der Waals surface area contributed by atoms with Crippen LogP contribution in [-0.2, 0) is 13.0 Å². The highest BCUT2D eigenvalue weighted by atomic mass is 32.1. The summed E-state index contributed by atoms with van der Waals surface area (Å²) in [7, 11) is 1.53. The number of amides is 1. The number of thiazole rings is 1. The molecule has 0 aliphatic heterocycles. The van der Waals surface area contributed by atoms with Crippen molar-refractivity contribution >= 4 is 28.6 Å². The van der Waals surface area contributed by atoms with Gasteiger partial charge < -0.3 is 15.2 Å². The lowest BCUT2D eigenvalue weighted by atomic mass is 10.2. The first-order valence-corrected chi connectivity index (χ1v) is 9.95. The van der Waals surface area contributed by atoms with E-state index in [9.17, 15) is 9.18 Å². The van der Waals surface area contributed by atoms with Crippen molar-refractivity contribution in [2.75, 3.05) is 12.8 Å². The van der Waals surface area contributed by atoms with E-state index in [1.54, 1.807) is 30.3 Å². The molecule has 1 heterocycles. The predicted octanol–water partition coefficient (Wildman–Crippen LogP) is 3.78. The van der Waals surface area contributed by atoms with Crippen molar-refractivity contribution in [1.82, 2.24) is 10.4 Å². The molecule has 0 aliphatic rings. The van der Waals surface area contributed by atoms with E-state index in [2.05, 4.69) is 15.5 Å². The molecule has 9 heteroatoms. The highest BCUT2D eigenvalue weighted by molar-refractivity contribution is 7.17. The summed E-state index contributed by atoms with van der Waals surface area (Å²) in [4.78, 5) is 16.8. The summed E-state index contributed by atoms with van der Waals surface area (Å²) in [6.07, 6.45) is 2.11. The van der Waals surface area contributed by atoms with E-state index in [0.29, 0.717) is 39.2 Å². The lowest BCUT2D eigenvalue weighted by Crippen LogP contribution is -2.17. The van der Waals surface area contributed by atoms with Gasteiger partial charge >= 0.3 is 0 Å². The molecule has 1 aromatic heterocycles. The minimum absolute atomic E-state index is 0.276. The number of methoxy groups -OCH3 is 1. The Morgan fingerprint density at radius 3 is 2.73 bits per heavy atom. The maximum Gasteiger partial charge on any atom is 0.283 e. The van der Waals surface area contributed by atoms with Gasteiger partial charge in [0.05, 0.1) is 19.0 Å². The summed E-state index contributed by atoms with van der Waals surface area (Å²) in [5.41, 5.74) is 10.3. The van der Waals surface area contributed by atoms with Crippen molar-refractivity contribution in [3.05, 3.63) is 70.0 Å². The number of ether oxygens (including phenoxy) is 2. The van der Waals surface area contributed by atoms with E-state index in [1.807, 2.05) is 6.92 Å². The number of carbonyl (C=O) groups excluding carboxylic acids is 1.